The molecule has 3 aromatic rings. The minimum Gasteiger partial charge on any atom is -0.488 e. The molecule has 0 saturated carbocycles. The highest BCUT2D eigenvalue weighted by atomic mass is 35.5. The van der Waals surface area contributed by atoms with Crippen molar-refractivity contribution in [3.8, 4) is 5.75 Å². The summed E-state index contributed by atoms with van der Waals surface area (Å²) in [4.78, 5) is 16.7. The fraction of sp³-hybridized carbons (Fsp3) is 0.231. The van der Waals surface area contributed by atoms with E-state index >= 15 is 0 Å². The summed E-state index contributed by atoms with van der Waals surface area (Å²) in [6, 6.07) is 21.3. The van der Waals surface area contributed by atoms with Crippen LogP contribution < -0.4 is 4.74 Å². The summed E-state index contributed by atoms with van der Waals surface area (Å²) in [5.74, 6) is 0.392. The summed E-state index contributed by atoms with van der Waals surface area (Å²) in [7, 11) is 0. The molecule has 0 bridgehead atoms. The second-order valence-electron chi connectivity index (χ2n) is 7.35. The van der Waals surface area contributed by atoms with Gasteiger partial charge in [-0.2, -0.15) is 0 Å². The van der Waals surface area contributed by atoms with Crippen LogP contribution in [0.2, 0.25) is 5.02 Å². The molecule has 1 aromatic heterocycles. The molecule has 4 nitrogen and oxygen atoms in total. The van der Waals surface area contributed by atoms with E-state index in [9.17, 15) is 4.79 Å². The first-order chi connectivity index (χ1) is 15.2. The summed E-state index contributed by atoms with van der Waals surface area (Å²) in [6.07, 6.45) is 2.81. The molecule has 1 heterocycles. The standard InChI is InChI=1S/C26H24ClNO3/c1-2-30-26(29)24-13-7-12-23(28-24)21-11-6-10-20(21)22-16-19(27)14-15-25(22)31-17-18-8-4-3-5-9-18/h3-5,7-9,12-16H,2,6,10-11,17H2,1H3. The molecule has 1 aliphatic rings. The summed E-state index contributed by atoms with van der Waals surface area (Å²) >= 11 is 6.35. The summed E-state index contributed by atoms with van der Waals surface area (Å²) < 4.78 is 11.3. The molecule has 0 radical (unpaired) electrons. The van der Waals surface area contributed by atoms with Gasteiger partial charge in [0.15, 0.2) is 0 Å². The van der Waals surface area contributed by atoms with Gasteiger partial charge < -0.3 is 9.47 Å². The van der Waals surface area contributed by atoms with Gasteiger partial charge in [-0.3, -0.25) is 0 Å². The van der Waals surface area contributed by atoms with Crippen LogP contribution in [0.4, 0.5) is 0 Å². The molecule has 0 spiro atoms. The third kappa shape index (κ3) is 4.97. The number of aromatic nitrogens is 1. The minimum atomic E-state index is -0.404. The molecule has 0 N–H and O–H groups in total. The van der Waals surface area contributed by atoms with Crippen molar-refractivity contribution < 1.29 is 14.3 Å². The third-order valence-electron chi connectivity index (χ3n) is 5.26. The first-order valence-corrected chi connectivity index (χ1v) is 10.9. The van der Waals surface area contributed by atoms with Crippen LogP contribution in [0.3, 0.4) is 0 Å². The van der Waals surface area contributed by atoms with Gasteiger partial charge in [-0.1, -0.05) is 48.0 Å². The van der Waals surface area contributed by atoms with Crippen molar-refractivity contribution in [1.82, 2.24) is 4.98 Å². The van der Waals surface area contributed by atoms with Crippen molar-refractivity contribution in [1.29, 1.82) is 0 Å². The van der Waals surface area contributed by atoms with Gasteiger partial charge in [0, 0.05) is 10.6 Å². The highest BCUT2D eigenvalue weighted by molar-refractivity contribution is 6.30. The van der Waals surface area contributed by atoms with E-state index in [4.69, 9.17) is 21.1 Å². The molecule has 0 saturated heterocycles. The van der Waals surface area contributed by atoms with E-state index in [2.05, 4.69) is 4.98 Å². The second kappa shape index (κ2) is 9.80. The van der Waals surface area contributed by atoms with E-state index < -0.39 is 5.97 Å². The molecular weight excluding hydrogens is 410 g/mol. The zero-order chi connectivity index (χ0) is 21.6. The normalized spacial score (nSPS) is 13.4. The number of benzene rings is 2. The molecule has 1 aliphatic carbocycles. The third-order valence-corrected chi connectivity index (χ3v) is 5.50. The van der Waals surface area contributed by atoms with E-state index in [0.717, 1.165) is 47.4 Å². The topological polar surface area (TPSA) is 48.4 Å². The average Bonchev–Trinajstić information content (AvgIpc) is 3.29. The SMILES string of the molecule is CCOC(=O)c1cccc(C2=C(c3cc(Cl)ccc3OCc3ccccc3)CCC2)n1. The Kier molecular flexibility index (Phi) is 6.68. The van der Waals surface area contributed by atoms with E-state index in [0.29, 0.717) is 23.9 Å². The average molecular weight is 434 g/mol. The highest BCUT2D eigenvalue weighted by Crippen LogP contribution is 2.43. The van der Waals surface area contributed by atoms with Gasteiger partial charge >= 0.3 is 5.97 Å². The van der Waals surface area contributed by atoms with Crippen molar-refractivity contribution in [3.05, 3.63) is 94.3 Å². The maximum absolute atomic E-state index is 12.1. The fourth-order valence-electron chi connectivity index (χ4n) is 3.84. The number of carbonyl (C=O) groups excluding carboxylic acids is 1. The molecule has 0 aliphatic heterocycles. The maximum Gasteiger partial charge on any atom is 0.356 e. The van der Waals surface area contributed by atoms with Crippen LogP contribution in [0, 0.1) is 0 Å². The van der Waals surface area contributed by atoms with Crippen LogP contribution in [0.1, 0.15) is 53.5 Å². The first kappa shape index (κ1) is 21.1. The minimum absolute atomic E-state index is 0.323. The number of carbonyl (C=O) groups is 1. The lowest BCUT2D eigenvalue weighted by Gasteiger charge is -2.15. The lowest BCUT2D eigenvalue weighted by atomic mass is 9.99. The number of hydrogen-bond acceptors (Lipinski definition) is 4. The molecule has 158 valence electrons. The van der Waals surface area contributed by atoms with E-state index in [1.807, 2.05) is 60.7 Å². The Morgan fingerprint density at radius 1 is 1.00 bits per heavy atom. The predicted octanol–water partition coefficient (Wildman–Crippen LogP) is 6.59. The number of ether oxygens (including phenoxy) is 2. The Bertz CT molecular complexity index is 1110. The molecule has 0 atom stereocenters. The second-order valence-corrected chi connectivity index (χ2v) is 7.79. The molecule has 4 rings (SSSR count). The Balaban J connectivity index is 1.69. The van der Waals surface area contributed by atoms with Crippen molar-refractivity contribution >= 4 is 28.7 Å². The van der Waals surface area contributed by atoms with Gasteiger partial charge in [0.1, 0.15) is 18.1 Å². The molecule has 0 fully saturated rings. The Morgan fingerprint density at radius 3 is 2.61 bits per heavy atom. The number of esters is 1. The predicted molar refractivity (Wildman–Crippen MR) is 123 cm³/mol. The number of allylic oxidation sites excluding steroid dienone is 2. The van der Waals surface area contributed by atoms with Crippen molar-refractivity contribution in [2.45, 2.75) is 32.8 Å². The zero-order valence-corrected chi connectivity index (χ0v) is 18.2. The highest BCUT2D eigenvalue weighted by Gasteiger charge is 2.22. The van der Waals surface area contributed by atoms with Crippen molar-refractivity contribution in [2.24, 2.45) is 0 Å². The largest absolute Gasteiger partial charge is 0.488 e. The summed E-state index contributed by atoms with van der Waals surface area (Å²) in [5, 5.41) is 0.661. The van der Waals surface area contributed by atoms with E-state index in [-0.39, 0.29) is 0 Å². The van der Waals surface area contributed by atoms with Crippen LogP contribution in [0.25, 0.3) is 11.1 Å². The number of rotatable bonds is 7. The number of hydrogen-bond donors (Lipinski definition) is 0. The monoisotopic (exact) mass is 433 g/mol. The number of nitrogens with zero attached hydrogens (tertiary/aromatic N) is 1. The molecule has 2 aromatic carbocycles. The first-order valence-electron chi connectivity index (χ1n) is 10.5. The smallest absolute Gasteiger partial charge is 0.356 e. The summed E-state index contributed by atoms with van der Waals surface area (Å²) in [6.45, 7) is 2.59. The maximum atomic E-state index is 12.1. The Morgan fingerprint density at radius 2 is 1.81 bits per heavy atom. The van der Waals surface area contributed by atoms with Crippen LogP contribution in [0.5, 0.6) is 5.75 Å². The fourth-order valence-corrected chi connectivity index (χ4v) is 4.02. The molecular formula is C26H24ClNO3. The zero-order valence-electron chi connectivity index (χ0n) is 17.4. The Hall–Kier alpha value is -3.11. The number of pyridine rings is 1. The number of halogens is 1. The van der Waals surface area contributed by atoms with Gasteiger partial charge in [0.25, 0.3) is 0 Å². The summed E-state index contributed by atoms with van der Waals surface area (Å²) in [5.41, 5.74) is 5.50. The molecule has 0 unspecified atom stereocenters. The Labute approximate surface area is 187 Å². The van der Waals surface area contributed by atoms with Crippen LogP contribution in [0.15, 0.2) is 66.7 Å². The van der Waals surface area contributed by atoms with Crippen molar-refractivity contribution in [2.75, 3.05) is 6.61 Å². The molecule has 0 amide bonds. The van der Waals surface area contributed by atoms with Crippen LogP contribution in [-0.2, 0) is 11.3 Å². The molecule has 5 heteroatoms. The van der Waals surface area contributed by atoms with Crippen LogP contribution in [-0.4, -0.2) is 17.6 Å². The van der Waals surface area contributed by atoms with Crippen LogP contribution >= 0.6 is 11.6 Å². The van der Waals surface area contributed by atoms with Gasteiger partial charge in [0.2, 0.25) is 0 Å². The lowest BCUT2D eigenvalue weighted by molar-refractivity contribution is 0.0519. The van der Waals surface area contributed by atoms with Gasteiger partial charge in [-0.25, -0.2) is 9.78 Å². The van der Waals surface area contributed by atoms with Gasteiger partial charge in [-0.15, -0.1) is 0 Å². The van der Waals surface area contributed by atoms with Gasteiger partial charge in [0.05, 0.1) is 12.3 Å². The van der Waals surface area contributed by atoms with Gasteiger partial charge in [-0.05, 0) is 73.2 Å². The van der Waals surface area contributed by atoms with Crippen molar-refractivity contribution in [3.63, 3.8) is 0 Å². The van der Waals surface area contributed by atoms with E-state index in [1.165, 1.54) is 5.57 Å². The quantitative estimate of drug-likeness (QED) is 0.394. The van der Waals surface area contributed by atoms with E-state index in [1.54, 1.807) is 13.0 Å². The lowest BCUT2D eigenvalue weighted by Crippen LogP contribution is -2.08. The molecule has 31 heavy (non-hydrogen) atoms.